The van der Waals surface area contributed by atoms with Gasteiger partial charge in [0.15, 0.2) is 5.78 Å². The fourth-order valence-corrected chi connectivity index (χ4v) is 1.51. The molecule has 0 saturated heterocycles. The first kappa shape index (κ1) is 10.5. The number of benzene rings is 1. The molecule has 3 nitrogen and oxygen atoms in total. The Balaban J connectivity index is 2.15. The summed E-state index contributed by atoms with van der Waals surface area (Å²) < 4.78 is 0. The van der Waals surface area contributed by atoms with Crippen molar-refractivity contribution in [1.82, 2.24) is 9.97 Å². The zero-order chi connectivity index (χ0) is 11.4. The van der Waals surface area contributed by atoms with Gasteiger partial charge in [0.2, 0.25) is 0 Å². The maximum atomic E-state index is 11.9. The third kappa shape index (κ3) is 2.51. The Morgan fingerprint density at radius 3 is 2.88 bits per heavy atom. The maximum absolute atomic E-state index is 11.9. The van der Waals surface area contributed by atoms with Crippen LogP contribution < -0.4 is 0 Å². The van der Waals surface area contributed by atoms with Crippen LogP contribution in [-0.4, -0.2) is 15.8 Å². The molecule has 0 radical (unpaired) electrons. The average Bonchev–Trinajstić information content (AvgIpc) is 2.30. The van der Waals surface area contributed by atoms with E-state index in [2.05, 4.69) is 9.97 Å². The largest absolute Gasteiger partial charge is 0.294 e. The number of Topliss-reactive ketones (excluding diaryl/α,β-unsaturated/α-hetero) is 1. The number of rotatable bonds is 3. The van der Waals surface area contributed by atoms with Crippen LogP contribution >= 0.6 is 0 Å². The first-order chi connectivity index (χ1) is 7.75. The fourth-order valence-electron chi connectivity index (χ4n) is 1.51. The number of hydrogen-bond acceptors (Lipinski definition) is 3. The van der Waals surface area contributed by atoms with E-state index in [-0.39, 0.29) is 5.78 Å². The second-order valence-electron chi connectivity index (χ2n) is 3.67. The number of hydrogen-bond donors (Lipinski definition) is 0. The van der Waals surface area contributed by atoms with Gasteiger partial charge in [-0.2, -0.15) is 0 Å². The lowest BCUT2D eigenvalue weighted by molar-refractivity contribution is 0.0992. The molecule has 0 bridgehead atoms. The van der Waals surface area contributed by atoms with Crippen molar-refractivity contribution < 1.29 is 4.79 Å². The molecular formula is C13H12N2O. The highest BCUT2D eigenvalue weighted by Gasteiger charge is 2.07. The fraction of sp³-hybridized carbons (Fsp3) is 0.154. The Hall–Kier alpha value is -2.03. The van der Waals surface area contributed by atoms with E-state index in [0.717, 1.165) is 16.8 Å². The van der Waals surface area contributed by atoms with Crippen molar-refractivity contribution >= 4 is 5.78 Å². The van der Waals surface area contributed by atoms with Crippen molar-refractivity contribution in [2.45, 2.75) is 13.3 Å². The van der Waals surface area contributed by atoms with Crippen LogP contribution in [0.5, 0.6) is 0 Å². The molecule has 2 aromatic rings. The number of aryl methyl sites for hydroxylation is 1. The summed E-state index contributed by atoms with van der Waals surface area (Å²) in [6.07, 6.45) is 3.43. The minimum atomic E-state index is 0.0856. The molecule has 0 N–H and O–H groups in total. The highest BCUT2D eigenvalue weighted by Crippen LogP contribution is 2.07. The molecule has 0 aliphatic rings. The van der Waals surface area contributed by atoms with Crippen LogP contribution in [0.15, 0.2) is 42.9 Å². The van der Waals surface area contributed by atoms with Crippen molar-refractivity contribution in [3.63, 3.8) is 0 Å². The molecule has 0 atom stereocenters. The molecule has 0 fully saturated rings. The topological polar surface area (TPSA) is 42.9 Å². The normalized spacial score (nSPS) is 10.1. The van der Waals surface area contributed by atoms with Gasteiger partial charge < -0.3 is 0 Å². The van der Waals surface area contributed by atoms with Gasteiger partial charge >= 0.3 is 0 Å². The molecule has 0 aliphatic carbocycles. The zero-order valence-corrected chi connectivity index (χ0v) is 9.05. The van der Waals surface area contributed by atoms with Gasteiger partial charge in [0, 0.05) is 11.8 Å². The van der Waals surface area contributed by atoms with Crippen LogP contribution in [0.2, 0.25) is 0 Å². The molecule has 0 aliphatic heterocycles. The SMILES string of the molecule is Cc1cccc(C(=O)Cc2ccncn2)c1. The summed E-state index contributed by atoms with van der Waals surface area (Å²) in [7, 11) is 0. The van der Waals surface area contributed by atoms with Gasteiger partial charge in [-0.3, -0.25) is 4.79 Å². The smallest absolute Gasteiger partial charge is 0.168 e. The molecule has 80 valence electrons. The second-order valence-corrected chi connectivity index (χ2v) is 3.67. The molecule has 3 heteroatoms. The van der Waals surface area contributed by atoms with Crippen LogP contribution in [0, 0.1) is 6.92 Å². The molecule has 16 heavy (non-hydrogen) atoms. The minimum Gasteiger partial charge on any atom is -0.294 e. The number of carbonyl (C=O) groups is 1. The molecular weight excluding hydrogens is 200 g/mol. The standard InChI is InChI=1S/C13H12N2O/c1-10-3-2-4-11(7-10)13(16)8-12-5-6-14-9-15-12/h2-7,9H,8H2,1H3. The number of nitrogens with zero attached hydrogens (tertiary/aromatic N) is 2. The molecule has 0 amide bonds. The van der Waals surface area contributed by atoms with Crippen molar-refractivity contribution in [3.8, 4) is 0 Å². The lowest BCUT2D eigenvalue weighted by Gasteiger charge is -2.01. The highest BCUT2D eigenvalue weighted by atomic mass is 16.1. The molecule has 0 spiro atoms. The number of ketones is 1. The van der Waals surface area contributed by atoms with Crippen LogP contribution in [0.1, 0.15) is 21.6 Å². The predicted octanol–water partition coefficient (Wildman–Crippen LogP) is 2.21. The van der Waals surface area contributed by atoms with E-state index in [1.807, 2.05) is 31.2 Å². The molecule has 0 unspecified atom stereocenters. The Kier molecular flexibility index (Phi) is 3.05. The minimum absolute atomic E-state index is 0.0856. The van der Waals surface area contributed by atoms with Crippen LogP contribution in [0.25, 0.3) is 0 Å². The number of carbonyl (C=O) groups excluding carboxylic acids is 1. The number of aromatic nitrogens is 2. The Bertz CT molecular complexity index is 494. The van der Waals surface area contributed by atoms with E-state index in [4.69, 9.17) is 0 Å². The first-order valence-corrected chi connectivity index (χ1v) is 5.10. The van der Waals surface area contributed by atoms with Gasteiger partial charge in [-0.25, -0.2) is 9.97 Å². The van der Waals surface area contributed by atoms with Crippen molar-refractivity contribution in [2.75, 3.05) is 0 Å². The second kappa shape index (κ2) is 4.66. The summed E-state index contributed by atoms with van der Waals surface area (Å²) in [6, 6.07) is 9.34. The Labute approximate surface area is 94.2 Å². The van der Waals surface area contributed by atoms with Gasteiger partial charge in [-0.15, -0.1) is 0 Å². The summed E-state index contributed by atoms with van der Waals surface area (Å²) >= 11 is 0. The van der Waals surface area contributed by atoms with E-state index in [0.29, 0.717) is 6.42 Å². The van der Waals surface area contributed by atoms with Crippen molar-refractivity contribution in [2.24, 2.45) is 0 Å². The third-order valence-corrected chi connectivity index (χ3v) is 2.32. The van der Waals surface area contributed by atoms with Crippen LogP contribution in [0.3, 0.4) is 0 Å². The van der Waals surface area contributed by atoms with Gasteiger partial charge in [-0.1, -0.05) is 23.8 Å². The third-order valence-electron chi connectivity index (χ3n) is 2.32. The van der Waals surface area contributed by atoms with Gasteiger partial charge in [0.1, 0.15) is 6.33 Å². The Morgan fingerprint density at radius 1 is 1.31 bits per heavy atom. The monoisotopic (exact) mass is 212 g/mol. The highest BCUT2D eigenvalue weighted by molar-refractivity contribution is 5.97. The van der Waals surface area contributed by atoms with Crippen molar-refractivity contribution in [1.29, 1.82) is 0 Å². The summed E-state index contributed by atoms with van der Waals surface area (Å²) in [5.41, 5.74) is 2.58. The quantitative estimate of drug-likeness (QED) is 0.732. The summed E-state index contributed by atoms with van der Waals surface area (Å²) in [5, 5.41) is 0. The van der Waals surface area contributed by atoms with Crippen molar-refractivity contribution in [3.05, 3.63) is 59.7 Å². The molecule has 1 heterocycles. The lowest BCUT2D eigenvalue weighted by atomic mass is 10.0. The van der Waals surface area contributed by atoms with E-state index < -0.39 is 0 Å². The summed E-state index contributed by atoms with van der Waals surface area (Å²) in [5.74, 6) is 0.0856. The predicted molar refractivity (Wildman–Crippen MR) is 61.2 cm³/mol. The zero-order valence-electron chi connectivity index (χ0n) is 9.05. The molecule has 0 saturated carbocycles. The average molecular weight is 212 g/mol. The summed E-state index contributed by atoms with van der Waals surface area (Å²) in [6.45, 7) is 1.97. The first-order valence-electron chi connectivity index (χ1n) is 5.10. The van der Waals surface area contributed by atoms with E-state index in [1.165, 1.54) is 6.33 Å². The van der Waals surface area contributed by atoms with Crippen LogP contribution in [0.4, 0.5) is 0 Å². The van der Waals surface area contributed by atoms with E-state index in [9.17, 15) is 4.79 Å². The molecule has 1 aromatic carbocycles. The van der Waals surface area contributed by atoms with Gasteiger partial charge in [0.05, 0.1) is 12.1 Å². The summed E-state index contributed by atoms with van der Waals surface area (Å²) in [4.78, 5) is 19.8. The molecule has 1 aromatic heterocycles. The van der Waals surface area contributed by atoms with E-state index in [1.54, 1.807) is 12.3 Å². The van der Waals surface area contributed by atoms with Gasteiger partial charge in [0.25, 0.3) is 0 Å². The maximum Gasteiger partial charge on any atom is 0.168 e. The molecule has 2 rings (SSSR count). The van der Waals surface area contributed by atoms with Gasteiger partial charge in [-0.05, 0) is 19.1 Å². The van der Waals surface area contributed by atoms with E-state index >= 15 is 0 Å². The van der Waals surface area contributed by atoms with Crippen LogP contribution in [-0.2, 0) is 6.42 Å². The lowest BCUT2D eigenvalue weighted by Crippen LogP contribution is -2.05. The Morgan fingerprint density at radius 2 is 2.19 bits per heavy atom.